The first-order valence-corrected chi connectivity index (χ1v) is 6.90. The Bertz CT molecular complexity index is 570. The molecule has 0 fully saturated rings. The van der Waals surface area contributed by atoms with Crippen molar-refractivity contribution >= 4 is 23.2 Å². The van der Waals surface area contributed by atoms with E-state index >= 15 is 0 Å². The van der Waals surface area contributed by atoms with Crippen LogP contribution in [0.25, 0.3) is 11.3 Å². The number of rotatable bonds is 3. The Labute approximate surface area is 123 Å². The molecule has 4 heteroatoms. The van der Waals surface area contributed by atoms with Crippen molar-refractivity contribution in [2.45, 2.75) is 32.9 Å². The van der Waals surface area contributed by atoms with Crippen LogP contribution in [0.5, 0.6) is 0 Å². The largest absolute Gasteiger partial charge is 0.460 e. The maximum absolute atomic E-state index is 6.01. The van der Waals surface area contributed by atoms with Crippen molar-refractivity contribution in [2.75, 3.05) is 0 Å². The maximum Gasteiger partial charge on any atom is 0.134 e. The van der Waals surface area contributed by atoms with Crippen LogP contribution in [0.4, 0.5) is 0 Å². The quantitative estimate of drug-likeness (QED) is 0.848. The molecule has 2 nitrogen and oxygen atoms in total. The summed E-state index contributed by atoms with van der Waals surface area (Å²) in [5, 5.41) is 4.46. The summed E-state index contributed by atoms with van der Waals surface area (Å²) in [4.78, 5) is 0. The molecule has 1 heterocycles. The predicted octanol–water partition coefficient (Wildman–Crippen LogP) is 5.14. The lowest BCUT2D eigenvalue weighted by Gasteiger charge is -2.19. The molecule has 0 aliphatic carbocycles. The van der Waals surface area contributed by atoms with Crippen LogP contribution in [0.3, 0.4) is 0 Å². The highest BCUT2D eigenvalue weighted by atomic mass is 35.5. The Morgan fingerprint density at radius 2 is 1.79 bits per heavy atom. The molecule has 0 radical (unpaired) electrons. The molecule has 0 amide bonds. The molecule has 1 N–H and O–H groups in total. The van der Waals surface area contributed by atoms with Gasteiger partial charge in [-0.2, -0.15) is 0 Å². The minimum Gasteiger partial charge on any atom is -0.460 e. The van der Waals surface area contributed by atoms with Crippen LogP contribution in [0.15, 0.2) is 34.7 Å². The normalized spacial score (nSPS) is 11.8. The van der Waals surface area contributed by atoms with Gasteiger partial charge in [-0.1, -0.05) is 23.2 Å². The third kappa shape index (κ3) is 4.00. The zero-order chi connectivity index (χ0) is 14.0. The molecule has 0 spiro atoms. The Balaban J connectivity index is 2.14. The zero-order valence-electron chi connectivity index (χ0n) is 11.3. The molecule has 1 aromatic heterocycles. The fourth-order valence-electron chi connectivity index (χ4n) is 1.63. The number of nitrogens with one attached hydrogen (secondary N) is 1. The van der Waals surface area contributed by atoms with Crippen LogP contribution < -0.4 is 5.32 Å². The molecular formula is C15H17Cl2NO. The fourth-order valence-corrected chi connectivity index (χ4v) is 1.93. The molecule has 0 atom stereocenters. The van der Waals surface area contributed by atoms with Crippen LogP contribution in [0.1, 0.15) is 26.5 Å². The Morgan fingerprint density at radius 1 is 1.05 bits per heavy atom. The van der Waals surface area contributed by atoms with Gasteiger partial charge in [0.2, 0.25) is 0 Å². The first kappa shape index (κ1) is 14.4. The third-order valence-electron chi connectivity index (χ3n) is 2.66. The molecule has 2 rings (SSSR count). The van der Waals surface area contributed by atoms with E-state index < -0.39 is 0 Å². The van der Waals surface area contributed by atoms with E-state index in [0.717, 1.165) is 17.1 Å². The van der Waals surface area contributed by atoms with Crippen molar-refractivity contribution in [1.29, 1.82) is 0 Å². The van der Waals surface area contributed by atoms with E-state index in [-0.39, 0.29) is 5.54 Å². The summed E-state index contributed by atoms with van der Waals surface area (Å²) in [7, 11) is 0. The maximum atomic E-state index is 6.01. The lowest BCUT2D eigenvalue weighted by Crippen LogP contribution is -2.34. The van der Waals surface area contributed by atoms with Crippen molar-refractivity contribution in [3.8, 4) is 11.3 Å². The van der Waals surface area contributed by atoms with E-state index in [0.29, 0.717) is 16.6 Å². The second kappa shape index (κ2) is 5.58. The molecular weight excluding hydrogens is 281 g/mol. The van der Waals surface area contributed by atoms with Crippen molar-refractivity contribution in [3.63, 3.8) is 0 Å². The van der Waals surface area contributed by atoms with Crippen molar-refractivity contribution < 1.29 is 4.42 Å². The van der Waals surface area contributed by atoms with Crippen molar-refractivity contribution in [3.05, 3.63) is 46.1 Å². The summed E-state index contributed by atoms with van der Waals surface area (Å²) in [6.07, 6.45) is 0. The average molecular weight is 298 g/mol. The summed E-state index contributed by atoms with van der Waals surface area (Å²) in [6.45, 7) is 7.06. The highest BCUT2D eigenvalue weighted by Crippen LogP contribution is 2.29. The van der Waals surface area contributed by atoms with Gasteiger partial charge in [-0.3, -0.25) is 0 Å². The van der Waals surface area contributed by atoms with E-state index in [1.807, 2.05) is 24.3 Å². The van der Waals surface area contributed by atoms with Crippen LogP contribution in [0, 0.1) is 0 Å². The van der Waals surface area contributed by atoms with Crippen LogP contribution in [-0.2, 0) is 6.54 Å². The lowest BCUT2D eigenvalue weighted by atomic mass is 10.1. The Hall–Kier alpha value is -0.960. The Morgan fingerprint density at radius 3 is 2.42 bits per heavy atom. The summed E-state index contributed by atoms with van der Waals surface area (Å²) >= 11 is 11.9. The average Bonchev–Trinajstić information content (AvgIpc) is 2.78. The molecule has 0 saturated heterocycles. The third-order valence-corrected chi connectivity index (χ3v) is 3.40. The van der Waals surface area contributed by atoms with Gasteiger partial charge < -0.3 is 9.73 Å². The van der Waals surface area contributed by atoms with Gasteiger partial charge in [0.05, 0.1) is 16.6 Å². The first-order chi connectivity index (χ1) is 8.85. The molecule has 0 aliphatic heterocycles. The topological polar surface area (TPSA) is 25.2 Å². The highest BCUT2D eigenvalue weighted by Gasteiger charge is 2.11. The van der Waals surface area contributed by atoms with Gasteiger partial charge in [0.15, 0.2) is 0 Å². The smallest absolute Gasteiger partial charge is 0.134 e. The van der Waals surface area contributed by atoms with E-state index in [2.05, 4.69) is 26.1 Å². The summed E-state index contributed by atoms with van der Waals surface area (Å²) in [6, 6.07) is 9.39. The van der Waals surface area contributed by atoms with Gasteiger partial charge >= 0.3 is 0 Å². The summed E-state index contributed by atoms with van der Waals surface area (Å²) in [5.74, 6) is 1.69. The molecule has 19 heavy (non-hydrogen) atoms. The number of furan rings is 1. The zero-order valence-corrected chi connectivity index (χ0v) is 12.8. The van der Waals surface area contributed by atoms with Gasteiger partial charge in [0.1, 0.15) is 11.5 Å². The molecule has 1 aromatic carbocycles. The van der Waals surface area contributed by atoms with Gasteiger partial charge in [-0.25, -0.2) is 0 Å². The summed E-state index contributed by atoms with van der Waals surface area (Å²) in [5.41, 5.74) is 0.993. The van der Waals surface area contributed by atoms with Gasteiger partial charge in [0.25, 0.3) is 0 Å². The number of hydrogen-bond donors (Lipinski definition) is 1. The molecule has 102 valence electrons. The lowest BCUT2D eigenvalue weighted by molar-refractivity contribution is 0.391. The monoisotopic (exact) mass is 297 g/mol. The highest BCUT2D eigenvalue weighted by molar-refractivity contribution is 6.42. The van der Waals surface area contributed by atoms with Gasteiger partial charge in [-0.05, 0) is 51.1 Å². The first-order valence-electron chi connectivity index (χ1n) is 6.14. The second-order valence-corrected chi connectivity index (χ2v) is 6.31. The number of halogens is 2. The van der Waals surface area contributed by atoms with Crippen LogP contribution in [-0.4, -0.2) is 5.54 Å². The number of hydrogen-bond acceptors (Lipinski definition) is 2. The van der Waals surface area contributed by atoms with E-state index in [9.17, 15) is 0 Å². The van der Waals surface area contributed by atoms with Crippen LogP contribution >= 0.6 is 23.2 Å². The molecule has 0 aliphatic rings. The minimum atomic E-state index is 0.0660. The van der Waals surface area contributed by atoms with Gasteiger partial charge in [0, 0.05) is 11.1 Å². The fraction of sp³-hybridized carbons (Fsp3) is 0.333. The minimum absolute atomic E-state index is 0.0660. The van der Waals surface area contributed by atoms with Gasteiger partial charge in [-0.15, -0.1) is 0 Å². The van der Waals surface area contributed by atoms with Crippen molar-refractivity contribution in [2.24, 2.45) is 0 Å². The van der Waals surface area contributed by atoms with E-state index in [1.165, 1.54) is 0 Å². The van der Waals surface area contributed by atoms with Crippen LogP contribution in [0.2, 0.25) is 10.0 Å². The molecule has 0 saturated carbocycles. The number of benzene rings is 1. The SMILES string of the molecule is CC(C)(C)NCc1ccc(-c2ccc(Cl)c(Cl)c2)o1. The predicted molar refractivity (Wildman–Crippen MR) is 80.8 cm³/mol. The molecule has 0 unspecified atom stereocenters. The molecule has 0 bridgehead atoms. The molecule has 2 aromatic rings. The van der Waals surface area contributed by atoms with Crippen molar-refractivity contribution in [1.82, 2.24) is 5.32 Å². The Kier molecular flexibility index (Phi) is 4.24. The second-order valence-electron chi connectivity index (χ2n) is 5.50. The summed E-state index contributed by atoms with van der Waals surface area (Å²) < 4.78 is 5.80. The standard InChI is InChI=1S/C15H17Cl2NO/c1-15(2,3)18-9-11-5-7-14(19-11)10-4-6-12(16)13(17)8-10/h4-8,18H,9H2,1-3H3. The van der Waals surface area contributed by atoms with E-state index in [1.54, 1.807) is 6.07 Å². The van der Waals surface area contributed by atoms with E-state index in [4.69, 9.17) is 27.6 Å².